The number of nitriles is 1. The molecule has 0 aliphatic heterocycles. The summed E-state index contributed by atoms with van der Waals surface area (Å²) < 4.78 is 5.67. The van der Waals surface area contributed by atoms with Gasteiger partial charge >= 0.3 is 0 Å². The Morgan fingerprint density at radius 3 is 2.53 bits per heavy atom. The molecule has 0 amide bonds. The van der Waals surface area contributed by atoms with Crippen molar-refractivity contribution in [3.05, 3.63) is 30.3 Å². The first-order valence-corrected chi connectivity index (χ1v) is 7.63. The van der Waals surface area contributed by atoms with Gasteiger partial charge in [0, 0.05) is 11.9 Å². The summed E-state index contributed by atoms with van der Waals surface area (Å²) in [6.07, 6.45) is -2.19. The van der Waals surface area contributed by atoms with E-state index in [1.807, 2.05) is 44.2 Å². The highest BCUT2D eigenvalue weighted by molar-refractivity contribution is 8.16. The minimum absolute atomic E-state index is 0.241. The van der Waals surface area contributed by atoms with E-state index in [-0.39, 0.29) is 5.66 Å². The van der Waals surface area contributed by atoms with Crippen molar-refractivity contribution in [2.45, 2.75) is 19.5 Å². The van der Waals surface area contributed by atoms with Crippen molar-refractivity contribution in [2.75, 3.05) is 6.61 Å². The van der Waals surface area contributed by atoms with Crippen LogP contribution in [-0.4, -0.2) is 12.3 Å². The average molecular weight is 239 g/mol. The van der Waals surface area contributed by atoms with Crippen LogP contribution in [-0.2, 0) is 16.3 Å². The van der Waals surface area contributed by atoms with Crippen LogP contribution in [0.1, 0.15) is 13.8 Å². The molecule has 0 aliphatic rings. The highest BCUT2D eigenvalue weighted by Crippen LogP contribution is 2.50. The van der Waals surface area contributed by atoms with E-state index in [1.165, 1.54) is 0 Å². The van der Waals surface area contributed by atoms with Crippen molar-refractivity contribution in [2.24, 2.45) is 0 Å². The first-order valence-electron chi connectivity index (χ1n) is 4.84. The predicted octanol–water partition coefficient (Wildman–Crippen LogP) is 2.65. The van der Waals surface area contributed by atoms with Gasteiger partial charge in [-0.3, -0.25) is 0 Å². The van der Waals surface area contributed by atoms with Gasteiger partial charge in [-0.25, -0.2) is 0 Å². The summed E-state index contributed by atoms with van der Waals surface area (Å²) in [5.74, 6) is 0. The standard InChI is InChI=1S/C11H14NOPS/c1-3-13-14(15,10(2)9-12)11-7-5-4-6-8-11/h4-8,10H,3H2,1-2H3/t10-,14-/m0/s1. The summed E-state index contributed by atoms with van der Waals surface area (Å²) in [7, 11) is 0. The highest BCUT2D eigenvalue weighted by Gasteiger charge is 2.27. The lowest BCUT2D eigenvalue weighted by molar-refractivity contribution is 0.379. The predicted molar refractivity (Wildman–Crippen MR) is 67.1 cm³/mol. The Labute approximate surface area is 96.0 Å². The van der Waals surface area contributed by atoms with E-state index in [2.05, 4.69) is 6.07 Å². The zero-order valence-electron chi connectivity index (χ0n) is 8.88. The Balaban J connectivity index is 3.14. The van der Waals surface area contributed by atoms with Crippen molar-refractivity contribution >= 4 is 23.4 Å². The van der Waals surface area contributed by atoms with E-state index in [0.29, 0.717) is 6.61 Å². The zero-order valence-corrected chi connectivity index (χ0v) is 10.6. The van der Waals surface area contributed by atoms with Crippen LogP contribution in [0.4, 0.5) is 0 Å². The molecule has 0 N–H and O–H groups in total. The van der Waals surface area contributed by atoms with Crippen LogP contribution in [0.2, 0.25) is 0 Å². The lowest BCUT2D eigenvalue weighted by Crippen LogP contribution is -2.15. The fraction of sp³-hybridized carbons (Fsp3) is 0.364. The van der Waals surface area contributed by atoms with E-state index in [4.69, 9.17) is 21.6 Å². The molecule has 2 nitrogen and oxygen atoms in total. The van der Waals surface area contributed by atoms with E-state index in [0.717, 1.165) is 5.30 Å². The minimum atomic E-state index is -2.19. The Morgan fingerprint density at radius 1 is 1.47 bits per heavy atom. The quantitative estimate of drug-likeness (QED) is 0.757. The summed E-state index contributed by atoms with van der Waals surface area (Å²) in [5.41, 5.74) is -0.241. The van der Waals surface area contributed by atoms with Crippen LogP contribution in [0.25, 0.3) is 0 Å². The molecule has 1 aromatic rings. The van der Waals surface area contributed by atoms with Crippen molar-refractivity contribution in [1.29, 1.82) is 5.26 Å². The zero-order chi connectivity index (χ0) is 11.3. The van der Waals surface area contributed by atoms with Crippen LogP contribution in [0.15, 0.2) is 30.3 Å². The van der Waals surface area contributed by atoms with E-state index >= 15 is 0 Å². The van der Waals surface area contributed by atoms with Crippen LogP contribution >= 0.6 is 6.26 Å². The normalized spacial score (nSPS) is 16.3. The van der Waals surface area contributed by atoms with Crippen LogP contribution < -0.4 is 5.30 Å². The van der Waals surface area contributed by atoms with Crippen LogP contribution in [0, 0.1) is 11.3 Å². The average Bonchev–Trinajstić information content (AvgIpc) is 2.29. The second-order valence-electron chi connectivity index (χ2n) is 3.16. The largest absolute Gasteiger partial charge is 0.345 e. The van der Waals surface area contributed by atoms with Crippen LogP contribution in [0.5, 0.6) is 0 Å². The summed E-state index contributed by atoms with van der Waals surface area (Å²) in [4.78, 5) is 0. The highest BCUT2D eigenvalue weighted by atomic mass is 32.4. The maximum atomic E-state index is 8.99. The smallest absolute Gasteiger partial charge is 0.111 e. The Hall–Kier alpha value is -0.680. The lowest BCUT2D eigenvalue weighted by atomic mass is 10.4. The number of hydrogen-bond donors (Lipinski definition) is 0. The van der Waals surface area contributed by atoms with Crippen molar-refractivity contribution in [1.82, 2.24) is 0 Å². The molecule has 0 spiro atoms. The molecule has 0 saturated carbocycles. The van der Waals surface area contributed by atoms with Gasteiger partial charge in [0.05, 0.1) is 11.7 Å². The van der Waals surface area contributed by atoms with Gasteiger partial charge in [-0.05, 0) is 13.8 Å². The molecule has 0 heterocycles. The van der Waals surface area contributed by atoms with Gasteiger partial charge in [0.15, 0.2) is 0 Å². The molecule has 0 aromatic heterocycles. The second-order valence-corrected chi connectivity index (χ2v) is 7.53. The van der Waals surface area contributed by atoms with E-state index in [1.54, 1.807) is 0 Å². The maximum Gasteiger partial charge on any atom is 0.111 e. The number of benzene rings is 1. The Morgan fingerprint density at radius 2 is 2.07 bits per heavy atom. The third-order valence-electron chi connectivity index (χ3n) is 2.13. The van der Waals surface area contributed by atoms with Crippen molar-refractivity contribution in [3.8, 4) is 6.07 Å². The van der Waals surface area contributed by atoms with Gasteiger partial charge in [0.1, 0.15) is 6.26 Å². The van der Waals surface area contributed by atoms with Gasteiger partial charge in [0.2, 0.25) is 0 Å². The third-order valence-corrected chi connectivity index (χ3v) is 6.83. The molecule has 0 saturated heterocycles. The lowest BCUT2D eigenvalue weighted by Gasteiger charge is -2.24. The first-order chi connectivity index (χ1) is 7.15. The summed E-state index contributed by atoms with van der Waals surface area (Å²) >= 11 is 5.56. The molecule has 0 radical (unpaired) electrons. The topological polar surface area (TPSA) is 33.0 Å². The molecule has 0 fully saturated rings. The summed E-state index contributed by atoms with van der Waals surface area (Å²) in [6, 6.07) is 11.9. The third kappa shape index (κ3) is 2.66. The summed E-state index contributed by atoms with van der Waals surface area (Å²) in [6.45, 7) is 4.30. The molecule has 0 unspecified atom stereocenters. The van der Waals surface area contributed by atoms with Gasteiger partial charge in [-0.15, -0.1) is 0 Å². The molecular formula is C11H14NOPS. The van der Waals surface area contributed by atoms with Crippen LogP contribution in [0.3, 0.4) is 0 Å². The Kier molecular flexibility index (Phi) is 4.47. The van der Waals surface area contributed by atoms with Gasteiger partial charge in [0.25, 0.3) is 0 Å². The number of hydrogen-bond acceptors (Lipinski definition) is 3. The number of nitrogens with zero attached hydrogens (tertiary/aromatic N) is 1. The minimum Gasteiger partial charge on any atom is -0.345 e. The SMILES string of the molecule is CCO[P@@](=S)(c1ccccc1)[C@@H](C)C#N. The van der Waals surface area contributed by atoms with E-state index < -0.39 is 6.26 Å². The molecule has 1 rings (SSSR count). The van der Waals surface area contributed by atoms with Gasteiger partial charge < -0.3 is 4.52 Å². The molecule has 2 atom stereocenters. The first kappa shape index (κ1) is 12.4. The molecule has 0 aliphatic carbocycles. The second kappa shape index (κ2) is 5.42. The molecule has 4 heteroatoms. The monoisotopic (exact) mass is 239 g/mol. The number of rotatable bonds is 4. The van der Waals surface area contributed by atoms with Gasteiger partial charge in [-0.2, -0.15) is 5.26 Å². The fourth-order valence-electron chi connectivity index (χ4n) is 1.31. The van der Waals surface area contributed by atoms with Gasteiger partial charge in [-0.1, -0.05) is 42.1 Å². The van der Waals surface area contributed by atoms with E-state index in [9.17, 15) is 0 Å². The Bertz CT molecular complexity index is 399. The fourth-order valence-corrected chi connectivity index (χ4v) is 4.08. The molecule has 80 valence electrons. The van der Waals surface area contributed by atoms with Crippen molar-refractivity contribution < 1.29 is 4.52 Å². The molecule has 1 aromatic carbocycles. The molecule has 15 heavy (non-hydrogen) atoms. The van der Waals surface area contributed by atoms with Crippen molar-refractivity contribution in [3.63, 3.8) is 0 Å². The maximum absolute atomic E-state index is 8.99. The summed E-state index contributed by atoms with van der Waals surface area (Å²) in [5, 5.41) is 9.97. The molecular weight excluding hydrogens is 225 g/mol. The molecule has 0 bridgehead atoms.